The van der Waals surface area contributed by atoms with E-state index in [0.717, 1.165) is 32.9 Å². The third-order valence-corrected chi connectivity index (χ3v) is 4.76. The van der Waals surface area contributed by atoms with E-state index in [1.54, 1.807) is 0 Å². The van der Waals surface area contributed by atoms with Gasteiger partial charge in [-0.1, -0.05) is 49.1 Å². The van der Waals surface area contributed by atoms with Gasteiger partial charge in [0.05, 0.1) is 6.10 Å². The van der Waals surface area contributed by atoms with Crippen LogP contribution in [-0.4, -0.2) is 28.3 Å². The van der Waals surface area contributed by atoms with Gasteiger partial charge in [-0.3, -0.25) is 0 Å². The average Bonchev–Trinajstić information content (AvgIpc) is 3.02. The van der Waals surface area contributed by atoms with Crippen LogP contribution in [0.15, 0.2) is 51.5 Å². The summed E-state index contributed by atoms with van der Waals surface area (Å²) in [5, 5.41) is 15.8. The Bertz CT molecular complexity index is 802. The number of hydrogen-bond acceptors (Lipinski definition) is 4. The number of aromatic nitrogens is 1. The molecule has 1 unspecified atom stereocenters. The smallest absolute Gasteiger partial charge is 0.171 e. The number of alkyl halides is 1. The summed E-state index contributed by atoms with van der Waals surface area (Å²) in [5.74, 6) is 0.666. The Morgan fingerprint density at radius 3 is 2.71 bits per heavy atom. The van der Waals surface area contributed by atoms with Gasteiger partial charge in [-0.25, -0.2) is 0 Å². The van der Waals surface area contributed by atoms with Gasteiger partial charge in [0.25, 0.3) is 0 Å². The molecule has 4 nitrogen and oxygen atoms in total. The Morgan fingerprint density at radius 1 is 1.17 bits per heavy atom. The van der Waals surface area contributed by atoms with Gasteiger partial charge in [-0.2, -0.15) is 0 Å². The second-order valence-electron chi connectivity index (χ2n) is 5.49. The van der Waals surface area contributed by atoms with Crippen LogP contribution < -0.4 is 4.74 Å². The molecule has 6 heteroatoms. The average molecular weight is 455 g/mol. The highest BCUT2D eigenvalue weighted by molar-refractivity contribution is 9.10. The molecule has 0 aliphatic rings. The molecule has 0 saturated carbocycles. The molecular formula is C18H17Br2NO3. The van der Waals surface area contributed by atoms with Crippen LogP contribution in [0.3, 0.4) is 0 Å². The predicted octanol–water partition coefficient (Wildman–Crippen LogP) is 5.17. The van der Waals surface area contributed by atoms with Crippen LogP contribution in [0.25, 0.3) is 22.2 Å². The lowest BCUT2D eigenvalue weighted by atomic mass is 10.1. The van der Waals surface area contributed by atoms with Crippen molar-refractivity contribution >= 4 is 42.8 Å². The Balaban J connectivity index is 1.74. The van der Waals surface area contributed by atoms with Gasteiger partial charge >= 0.3 is 0 Å². The first-order valence-electron chi connectivity index (χ1n) is 7.69. The first-order chi connectivity index (χ1) is 11.7. The van der Waals surface area contributed by atoms with Gasteiger partial charge in [0.2, 0.25) is 0 Å². The molecule has 0 saturated heterocycles. The van der Waals surface area contributed by atoms with E-state index in [4.69, 9.17) is 9.26 Å². The van der Waals surface area contributed by atoms with Gasteiger partial charge < -0.3 is 14.4 Å². The molecule has 1 heterocycles. The minimum Gasteiger partial charge on any atom is -0.491 e. The van der Waals surface area contributed by atoms with Crippen molar-refractivity contribution < 1.29 is 14.4 Å². The van der Waals surface area contributed by atoms with E-state index in [1.807, 2.05) is 42.5 Å². The molecule has 0 aliphatic carbocycles. The largest absolute Gasteiger partial charge is 0.491 e. The maximum Gasteiger partial charge on any atom is 0.171 e. The highest BCUT2D eigenvalue weighted by atomic mass is 79.9. The SMILES string of the molecule is OC(CCCBr)COc1ccc2c(-c3ccc(Br)cc3)noc2c1. The monoisotopic (exact) mass is 453 g/mol. The van der Waals surface area contributed by atoms with Crippen molar-refractivity contribution in [2.45, 2.75) is 18.9 Å². The fourth-order valence-corrected chi connectivity index (χ4v) is 3.00. The van der Waals surface area contributed by atoms with E-state index in [2.05, 4.69) is 37.0 Å². The number of nitrogens with zero attached hydrogens (tertiary/aromatic N) is 1. The highest BCUT2D eigenvalue weighted by Gasteiger charge is 2.12. The van der Waals surface area contributed by atoms with Crippen LogP contribution in [0.1, 0.15) is 12.8 Å². The van der Waals surface area contributed by atoms with Crippen molar-refractivity contribution in [1.82, 2.24) is 5.16 Å². The zero-order chi connectivity index (χ0) is 16.9. The Kier molecular flexibility index (Phi) is 5.92. The summed E-state index contributed by atoms with van der Waals surface area (Å²) in [4.78, 5) is 0. The number of benzene rings is 2. The zero-order valence-electron chi connectivity index (χ0n) is 12.9. The van der Waals surface area contributed by atoms with E-state index in [-0.39, 0.29) is 6.61 Å². The number of aliphatic hydroxyl groups is 1. The van der Waals surface area contributed by atoms with Crippen molar-refractivity contribution in [2.75, 3.05) is 11.9 Å². The molecule has 0 fully saturated rings. The molecule has 24 heavy (non-hydrogen) atoms. The minimum absolute atomic E-state index is 0.270. The van der Waals surface area contributed by atoms with E-state index >= 15 is 0 Å². The summed E-state index contributed by atoms with van der Waals surface area (Å²) in [5.41, 5.74) is 2.47. The molecule has 1 N–H and O–H groups in total. The molecule has 0 bridgehead atoms. The lowest BCUT2D eigenvalue weighted by molar-refractivity contribution is 0.0997. The van der Waals surface area contributed by atoms with Gasteiger partial charge in [0, 0.05) is 26.8 Å². The molecule has 1 atom stereocenters. The zero-order valence-corrected chi connectivity index (χ0v) is 16.1. The number of ether oxygens (including phenoxy) is 1. The van der Waals surface area contributed by atoms with E-state index < -0.39 is 6.10 Å². The van der Waals surface area contributed by atoms with E-state index in [1.165, 1.54) is 0 Å². The Morgan fingerprint density at radius 2 is 1.96 bits per heavy atom. The molecule has 2 aromatic carbocycles. The summed E-state index contributed by atoms with van der Waals surface area (Å²) in [6, 6.07) is 13.5. The molecule has 3 rings (SSSR count). The van der Waals surface area contributed by atoms with E-state index in [9.17, 15) is 5.11 Å². The van der Waals surface area contributed by atoms with Gasteiger partial charge in [-0.05, 0) is 37.1 Å². The number of halogens is 2. The van der Waals surface area contributed by atoms with Gasteiger partial charge in [0.15, 0.2) is 5.58 Å². The van der Waals surface area contributed by atoms with Crippen LogP contribution in [0.4, 0.5) is 0 Å². The second kappa shape index (κ2) is 8.14. The molecule has 3 aromatic rings. The molecule has 0 radical (unpaired) electrons. The van der Waals surface area contributed by atoms with E-state index in [0.29, 0.717) is 17.8 Å². The third kappa shape index (κ3) is 4.18. The molecular weight excluding hydrogens is 438 g/mol. The quantitative estimate of drug-likeness (QED) is 0.500. The second-order valence-corrected chi connectivity index (χ2v) is 7.20. The van der Waals surface area contributed by atoms with Crippen LogP contribution in [0.5, 0.6) is 5.75 Å². The Hall–Kier alpha value is -1.37. The summed E-state index contributed by atoms with van der Waals surface area (Å²) in [7, 11) is 0. The molecule has 0 amide bonds. The van der Waals surface area contributed by atoms with Crippen LogP contribution in [0.2, 0.25) is 0 Å². The van der Waals surface area contributed by atoms with Crippen LogP contribution in [-0.2, 0) is 0 Å². The standard InChI is InChI=1S/C18H17Br2NO3/c19-9-1-2-14(22)11-23-15-7-8-16-17(10-15)24-21-18(16)12-3-5-13(20)6-4-12/h3-8,10,14,22H,1-2,9,11H2. The normalized spacial score (nSPS) is 12.5. The fraction of sp³-hybridized carbons (Fsp3) is 0.278. The summed E-state index contributed by atoms with van der Waals surface area (Å²) in [6.45, 7) is 0.270. The maximum absolute atomic E-state index is 9.84. The van der Waals surface area contributed by atoms with Crippen molar-refractivity contribution in [3.8, 4) is 17.0 Å². The maximum atomic E-state index is 9.84. The minimum atomic E-state index is -0.466. The molecule has 0 aliphatic heterocycles. The van der Waals surface area contributed by atoms with Crippen molar-refractivity contribution in [2.24, 2.45) is 0 Å². The van der Waals surface area contributed by atoms with Crippen molar-refractivity contribution in [3.05, 3.63) is 46.9 Å². The molecule has 1 aromatic heterocycles. The Labute approximate surface area is 157 Å². The highest BCUT2D eigenvalue weighted by Crippen LogP contribution is 2.31. The van der Waals surface area contributed by atoms with Crippen LogP contribution >= 0.6 is 31.9 Å². The first-order valence-corrected chi connectivity index (χ1v) is 9.61. The topological polar surface area (TPSA) is 55.5 Å². The fourth-order valence-electron chi connectivity index (χ4n) is 2.41. The number of aliphatic hydroxyl groups excluding tert-OH is 1. The predicted molar refractivity (Wildman–Crippen MR) is 102 cm³/mol. The third-order valence-electron chi connectivity index (χ3n) is 3.67. The van der Waals surface area contributed by atoms with Crippen molar-refractivity contribution in [1.29, 1.82) is 0 Å². The van der Waals surface area contributed by atoms with Crippen LogP contribution in [0, 0.1) is 0 Å². The lowest BCUT2D eigenvalue weighted by Crippen LogP contribution is -2.17. The van der Waals surface area contributed by atoms with Gasteiger partial charge in [-0.15, -0.1) is 0 Å². The summed E-state index contributed by atoms with van der Waals surface area (Å²) >= 11 is 6.78. The summed E-state index contributed by atoms with van der Waals surface area (Å²) < 4.78 is 12.1. The van der Waals surface area contributed by atoms with Gasteiger partial charge in [0.1, 0.15) is 18.1 Å². The number of hydrogen-bond donors (Lipinski definition) is 1. The number of fused-ring (bicyclic) bond motifs is 1. The lowest BCUT2D eigenvalue weighted by Gasteiger charge is -2.11. The number of rotatable bonds is 7. The first kappa shape index (κ1) is 17.5. The molecule has 126 valence electrons. The summed E-state index contributed by atoms with van der Waals surface area (Å²) in [6.07, 6.45) is 1.16. The molecule has 0 spiro atoms. The van der Waals surface area contributed by atoms with Crippen molar-refractivity contribution in [3.63, 3.8) is 0 Å².